The smallest absolute Gasteiger partial charge is 0.297 e. The maximum atomic E-state index is 11.9. The molecule has 0 aromatic heterocycles. The lowest BCUT2D eigenvalue weighted by atomic mass is 10.4. The number of rotatable bonds is 27. The summed E-state index contributed by atoms with van der Waals surface area (Å²) in [6, 6.07) is 7.98. The van der Waals surface area contributed by atoms with Crippen molar-refractivity contribution >= 4 is 10.1 Å². The molecule has 0 fully saturated rings. The van der Waals surface area contributed by atoms with Crippen molar-refractivity contribution in [3.8, 4) is 0 Å². The van der Waals surface area contributed by atoms with Crippen molar-refractivity contribution in [1.82, 2.24) is 0 Å². The molecule has 0 bridgehead atoms. The van der Waals surface area contributed by atoms with Crippen molar-refractivity contribution in [3.05, 3.63) is 43.2 Å². The van der Waals surface area contributed by atoms with Crippen molar-refractivity contribution in [2.24, 2.45) is 0 Å². The summed E-state index contributed by atoms with van der Waals surface area (Å²) >= 11 is 0. The molecule has 11 nitrogen and oxygen atoms in total. The Labute approximate surface area is 214 Å². The number of benzene rings is 1. The quantitative estimate of drug-likeness (QED) is 0.0928. The van der Waals surface area contributed by atoms with Gasteiger partial charge in [-0.15, -0.1) is 0 Å². The van der Waals surface area contributed by atoms with E-state index in [4.69, 9.17) is 42.1 Å². The summed E-state index contributed by atoms with van der Waals surface area (Å²) in [5.41, 5.74) is 0. The van der Waals surface area contributed by atoms with Crippen LogP contribution in [-0.4, -0.2) is 114 Å². The van der Waals surface area contributed by atoms with Crippen LogP contribution in [0.3, 0.4) is 0 Å². The van der Waals surface area contributed by atoms with Gasteiger partial charge in [0.1, 0.15) is 6.61 Å². The molecular formula is C24H40O11S. The van der Waals surface area contributed by atoms with E-state index >= 15 is 0 Å². The number of ether oxygens (including phenoxy) is 8. The largest absolute Gasteiger partial charge is 0.499 e. The second-order valence-electron chi connectivity index (χ2n) is 6.91. The minimum atomic E-state index is -3.75. The van der Waals surface area contributed by atoms with E-state index in [0.717, 1.165) is 0 Å². The molecule has 0 radical (unpaired) electrons. The van der Waals surface area contributed by atoms with Gasteiger partial charge in [0.25, 0.3) is 10.1 Å². The highest BCUT2D eigenvalue weighted by Crippen LogP contribution is 2.10. The van der Waals surface area contributed by atoms with E-state index in [9.17, 15) is 8.42 Å². The van der Waals surface area contributed by atoms with Gasteiger partial charge in [0.15, 0.2) is 0 Å². The number of hydrogen-bond acceptors (Lipinski definition) is 11. The standard InChI is InChI=1S/C24H40O11S/c1-2-27-8-9-28-10-11-29-12-13-30-14-15-31-16-17-32-18-19-33-20-21-34-22-23-35-36(25,26)24-6-4-3-5-7-24/h2-7H,1,8-23H2. The maximum Gasteiger partial charge on any atom is 0.297 e. The molecule has 12 heteroatoms. The Morgan fingerprint density at radius 1 is 0.528 bits per heavy atom. The van der Waals surface area contributed by atoms with Crippen LogP contribution in [0.5, 0.6) is 0 Å². The van der Waals surface area contributed by atoms with E-state index in [2.05, 4.69) is 6.58 Å². The van der Waals surface area contributed by atoms with E-state index in [1.165, 1.54) is 18.4 Å². The Morgan fingerprint density at radius 2 is 0.861 bits per heavy atom. The average molecular weight is 537 g/mol. The third kappa shape index (κ3) is 19.6. The van der Waals surface area contributed by atoms with Gasteiger partial charge in [-0.25, -0.2) is 0 Å². The van der Waals surface area contributed by atoms with Gasteiger partial charge in [-0.1, -0.05) is 24.8 Å². The Bertz CT molecular complexity index is 716. The van der Waals surface area contributed by atoms with E-state index in [0.29, 0.717) is 92.5 Å². The molecule has 0 heterocycles. The molecule has 0 atom stereocenters. The van der Waals surface area contributed by atoms with Crippen LogP contribution < -0.4 is 0 Å². The third-order valence-corrected chi connectivity index (χ3v) is 5.52. The molecule has 36 heavy (non-hydrogen) atoms. The zero-order chi connectivity index (χ0) is 26.0. The summed E-state index contributed by atoms with van der Waals surface area (Å²) in [6.45, 7) is 10.1. The zero-order valence-corrected chi connectivity index (χ0v) is 21.7. The molecule has 0 aliphatic rings. The van der Waals surface area contributed by atoms with E-state index in [-0.39, 0.29) is 18.1 Å². The average Bonchev–Trinajstić information content (AvgIpc) is 2.89. The molecule has 208 valence electrons. The van der Waals surface area contributed by atoms with E-state index in [1.807, 2.05) is 0 Å². The van der Waals surface area contributed by atoms with Crippen molar-refractivity contribution in [3.63, 3.8) is 0 Å². The normalized spacial score (nSPS) is 11.6. The summed E-state index contributed by atoms with van der Waals surface area (Å²) in [6.07, 6.45) is 1.39. The highest BCUT2D eigenvalue weighted by molar-refractivity contribution is 7.86. The van der Waals surface area contributed by atoms with Gasteiger partial charge in [-0.2, -0.15) is 8.42 Å². The highest BCUT2D eigenvalue weighted by Gasteiger charge is 2.13. The van der Waals surface area contributed by atoms with Crippen LogP contribution in [0.2, 0.25) is 0 Å². The first kappa shape index (κ1) is 32.4. The maximum absolute atomic E-state index is 11.9. The second kappa shape index (κ2) is 23.8. The Hall–Kier alpha value is -1.61. The SMILES string of the molecule is C=COCCOCCOCCOCCOCCOCCOCCOCCOS(=O)(=O)c1ccccc1. The molecule has 1 rings (SSSR count). The van der Waals surface area contributed by atoms with Gasteiger partial charge < -0.3 is 37.9 Å². The van der Waals surface area contributed by atoms with E-state index in [1.54, 1.807) is 18.2 Å². The predicted octanol–water partition coefficient (Wildman–Crippen LogP) is 1.67. The highest BCUT2D eigenvalue weighted by atomic mass is 32.2. The van der Waals surface area contributed by atoms with Gasteiger partial charge in [0.05, 0.1) is 110 Å². The van der Waals surface area contributed by atoms with Crippen LogP contribution in [0.4, 0.5) is 0 Å². The zero-order valence-electron chi connectivity index (χ0n) is 20.9. The Morgan fingerprint density at radius 3 is 1.22 bits per heavy atom. The van der Waals surface area contributed by atoms with Crippen LogP contribution in [0.1, 0.15) is 0 Å². The van der Waals surface area contributed by atoms with Crippen molar-refractivity contribution in [1.29, 1.82) is 0 Å². The molecule has 0 amide bonds. The molecule has 0 saturated carbocycles. The summed E-state index contributed by atoms with van der Waals surface area (Å²) < 4.78 is 71.3. The fourth-order valence-corrected chi connectivity index (χ4v) is 3.38. The molecule has 1 aromatic rings. The lowest BCUT2D eigenvalue weighted by Crippen LogP contribution is -2.15. The third-order valence-electron chi connectivity index (χ3n) is 4.19. The van der Waals surface area contributed by atoms with Crippen LogP contribution >= 0.6 is 0 Å². The van der Waals surface area contributed by atoms with Crippen LogP contribution in [0.25, 0.3) is 0 Å². The molecule has 0 aliphatic carbocycles. The van der Waals surface area contributed by atoms with Gasteiger partial charge in [-0.3, -0.25) is 4.18 Å². The first-order valence-corrected chi connectivity index (χ1v) is 13.3. The van der Waals surface area contributed by atoms with Crippen LogP contribution in [-0.2, 0) is 52.2 Å². The molecule has 0 aliphatic heterocycles. The first-order valence-electron chi connectivity index (χ1n) is 11.9. The van der Waals surface area contributed by atoms with E-state index < -0.39 is 10.1 Å². The minimum absolute atomic E-state index is 0.0535. The molecule has 0 spiro atoms. The lowest BCUT2D eigenvalue weighted by molar-refractivity contribution is -0.0222. The van der Waals surface area contributed by atoms with Crippen molar-refractivity contribution < 1.29 is 50.5 Å². The fourth-order valence-electron chi connectivity index (χ4n) is 2.47. The van der Waals surface area contributed by atoms with Crippen LogP contribution in [0.15, 0.2) is 48.1 Å². The van der Waals surface area contributed by atoms with Gasteiger partial charge in [0, 0.05) is 0 Å². The molecule has 0 saturated heterocycles. The lowest BCUT2D eigenvalue weighted by Gasteiger charge is -2.09. The monoisotopic (exact) mass is 536 g/mol. The Kier molecular flexibility index (Phi) is 21.4. The summed E-state index contributed by atoms with van der Waals surface area (Å²) in [4.78, 5) is 0.123. The molecule has 1 aromatic carbocycles. The van der Waals surface area contributed by atoms with Crippen molar-refractivity contribution in [2.75, 3.05) is 106 Å². The fraction of sp³-hybridized carbons (Fsp3) is 0.667. The predicted molar refractivity (Wildman–Crippen MR) is 131 cm³/mol. The minimum Gasteiger partial charge on any atom is -0.499 e. The number of hydrogen-bond donors (Lipinski definition) is 0. The summed E-state index contributed by atoms with van der Waals surface area (Å²) in [5, 5.41) is 0. The first-order chi connectivity index (χ1) is 17.7. The van der Waals surface area contributed by atoms with Gasteiger partial charge in [-0.05, 0) is 12.1 Å². The molecule has 0 N–H and O–H groups in total. The van der Waals surface area contributed by atoms with Gasteiger partial charge in [0.2, 0.25) is 0 Å². The second-order valence-corrected chi connectivity index (χ2v) is 8.53. The molecular weight excluding hydrogens is 496 g/mol. The Balaban J connectivity index is 1.72. The van der Waals surface area contributed by atoms with Gasteiger partial charge >= 0.3 is 0 Å². The van der Waals surface area contributed by atoms with Crippen LogP contribution in [0, 0.1) is 0 Å². The summed E-state index contributed by atoms with van der Waals surface area (Å²) in [5.74, 6) is 0. The summed E-state index contributed by atoms with van der Waals surface area (Å²) in [7, 11) is -3.75. The topological polar surface area (TPSA) is 117 Å². The van der Waals surface area contributed by atoms with Crippen molar-refractivity contribution in [2.45, 2.75) is 4.90 Å². The molecule has 0 unspecified atom stereocenters.